The van der Waals surface area contributed by atoms with Gasteiger partial charge in [0.15, 0.2) is 0 Å². The van der Waals surface area contributed by atoms with Crippen LogP contribution in [0.1, 0.15) is 18.4 Å². The van der Waals surface area contributed by atoms with Gasteiger partial charge in [0.2, 0.25) is 0 Å². The van der Waals surface area contributed by atoms with Crippen LogP contribution in [-0.2, 0) is 11.3 Å². The lowest BCUT2D eigenvalue weighted by Crippen LogP contribution is -2.45. The van der Waals surface area contributed by atoms with Crippen LogP contribution >= 0.6 is 0 Å². The summed E-state index contributed by atoms with van der Waals surface area (Å²) in [7, 11) is 6.07. The molecule has 1 aliphatic rings. The molecular formula is C16H28N4O. The minimum atomic E-state index is 0.571. The van der Waals surface area contributed by atoms with Crippen LogP contribution in [-0.4, -0.2) is 63.4 Å². The van der Waals surface area contributed by atoms with Gasteiger partial charge in [0, 0.05) is 46.0 Å². The Kier molecular flexibility index (Phi) is 6.42. The lowest BCUT2D eigenvalue weighted by atomic mass is 10.1. The van der Waals surface area contributed by atoms with Gasteiger partial charge >= 0.3 is 0 Å². The number of anilines is 1. The molecule has 1 unspecified atom stereocenters. The number of nitrogens with zero attached hydrogens (tertiary/aromatic N) is 3. The lowest BCUT2D eigenvalue weighted by Gasteiger charge is -2.36. The summed E-state index contributed by atoms with van der Waals surface area (Å²) in [5.74, 6) is 1.07. The Morgan fingerprint density at radius 2 is 2.33 bits per heavy atom. The molecule has 1 saturated heterocycles. The van der Waals surface area contributed by atoms with Crippen LogP contribution in [0, 0.1) is 0 Å². The number of hydrogen-bond acceptors (Lipinski definition) is 5. The van der Waals surface area contributed by atoms with E-state index < -0.39 is 0 Å². The Bertz CT molecular complexity index is 409. The normalized spacial score (nSPS) is 19.7. The van der Waals surface area contributed by atoms with E-state index in [0.717, 1.165) is 32.1 Å². The maximum absolute atomic E-state index is 5.02. The fourth-order valence-electron chi connectivity index (χ4n) is 2.78. The van der Waals surface area contributed by atoms with Gasteiger partial charge in [-0.25, -0.2) is 4.98 Å². The van der Waals surface area contributed by atoms with Crippen LogP contribution in [0.2, 0.25) is 0 Å². The second kappa shape index (κ2) is 8.32. The van der Waals surface area contributed by atoms with Crippen molar-refractivity contribution in [2.24, 2.45) is 0 Å². The largest absolute Gasteiger partial charge is 0.383 e. The van der Waals surface area contributed by atoms with Crippen LogP contribution in [0.5, 0.6) is 0 Å². The second-order valence-corrected chi connectivity index (χ2v) is 5.86. The topological polar surface area (TPSA) is 40.6 Å². The Morgan fingerprint density at radius 3 is 3.00 bits per heavy atom. The highest BCUT2D eigenvalue weighted by Gasteiger charge is 2.21. The van der Waals surface area contributed by atoms with Crippen molar-refractivity contribution in [2.45, 2.75) is 25.4 Å². The van der Waals surface area contributed by atoms with Crippen molar-refractivity contribution in [3.05, 3.63) is 23.9 Å². The molecule has 1 fully saturated rings. The van der Waals surface area contributed by atoms with Gasteiger partial charge in [0.1, 0.15) is 5.82 Å². The summed E-state index contributed by atoms with van der Waals surface area (Å²) in [5.41, 5.74) is 1.21. The fourth-order valence-corrected chi connectivity index (χ4v) is 2.78. The van der Waals surface area contributed by atoms with Gasteiger partial charge < -0.3 is 19.9 Å². The molecule has 21 heavy (non-hydrogen) atoms. The minimum absolute atomic E-state index is 0.571. The lowest BCUT2D eigenvalue weighted by molar-refractivity contribution is 0.199. The first-order valence-corrected chi connectivity index (χ1v) is 7.76. The SMILES string of the molecule is COCCNCc1ccc(N(C)C2CCCN(C)C2)nc1. The third-order valence-electron chi connectivity index (χ3n) is 4.13. The fraction of sp³-hybridized carbons (Fsp3) is 0.688. The number of likely N-dealkylation sites (N-methyl/N-ethyl adjacent to an activating group) is 2. The van der Waals surface area contributed by atoms with Gasteiger partial charge in [-0.15, -0.1) is 0 Å². The van der Waals surface area contributed by atoms with E-state index >= 15 is 0 Å². The number of hydrogen-bond donors (Lipinski definition) is 1. The van der Waals surface area contributed by atoms with Gasteiger partial charge in [-0.05, 0) is 38.1 Å². The van der Waals surface area contributed by atoms with Crippen molar-refractivity contribution in [2.75, 3.05) is 52.3 Å². The maximum Gasteiger partial charge on any atom is 0.128 e. The highest BCUT2D eigenvalue weighted by molar-refractivity contribution is 5.39. The summed E-state index contributed by atoms with van der Waals surface area (Å²) in [6, 6.07) is 4.86. The van der Waals surface area contributed by atoms with Crippen molar-refractivity contribution in [1.82, 2.24) is 15.2 Å². The molecule has 1 atom stereocenters. The van der Waals surface area contributed by atoms with Gasteiger partial charge in [-0.1, -0.05) is 6.07 Å². The van der Waals surface area contributed by atoms with Crippen LogP contribution in [0.15, 0.2) is 18.3 Å². The van der Waals surface area contributed by atoms with E-state index in [1.807, 2.05) is 6.20 Å². The monoisotopic (exact) mass is 292 g/mol. The van der Waals surface area contributed by atoms with Gasteiger partial charge in [0.05, 0.1) is 6.61 Å². The first-order valence-electron chi connectivity index (χ1n) is 7.76. The number of rotatable bonds is 7. The summed E-state index contributed by atoms with van der Waals surface area (Å²) < 4.78 is 5.02. The minimum Gasteiger partial charge on any atom is -0.383 e. The summed E-state index contributed by atoms with van der Waals surface area (Å²) in [4.78, 5) is 9.33. The highest BCUT2D eigenvalue weighted by Crippen LogP contribution is 2.19. The number of nitrogens with one attached hydrogen (secondary N) is 1. The van der Waals surface area contributed by atoms with Crippen molar-refractivity contribution >= 4 is 5.82 Å². The van der Waals surface area contributed by atoms with Crippen LogP contribution in [0.4, 0.5) is 5.82 Å². The Labute approximate surface area is 128 Å². The van der Waals surface area contributed by atoms with Crippen molar-refractivity contribution in [1.29, 1.82) is 0 Å². The van der Waals surface area contributed by atoms with Crippen LogP contribution in [0.25, 0.3) is 0 Å². The van der Waals surface area contributed by atoms with E-state index in [9.17, 15) is 0 Å². The summed E-state index contributed by atoms with van der Waals surface area (Å²) in [5, 5.41) is 3.34. The van der Waals surface area contributed by atoms with Crippen LogP contribution < -0.4 is 10.2 Å². The van der Waals surface area contributed by atoms with E-state index in [1.165, 1.54) is 24.9 Å². The van der Waals surface area contributed by atoms with E-state index in [0.29, 0.717) is 6.04 Å². The predicted molar refractivity (Wildman–Crippen MR) is 86.7 cm³/mol. The van der Waals surface area contributed by atoms with Crippen molar-refractivity contribution in [3.8, 4) is 0 Å². The summed E-state index contributed by atoms with van der Waals surface area (Å²) in [6.07, 6.45) is 4.49. The average Bonchev–Trinajstić information content (AvgIpc) is 2.51. The molecule has 1 aromatic rings. The maximum atomic E-state index is 5.02. The zero-order valence-electron chi connectivity index (χ0n) is 13.5. The summed E-state index contributed by atoms with van der Waals surface area (Å²) in [6.45, 7) is 4.78. The van der Waals surface area contributed by atoms with Crippen LogP contribution in [0.3, 0.4) is 0 Å². The van der Waals surface area contributed by atoms with E-state index in [1.54, 1.807) is 7.11 Å². The molecule has 0 spiro atoms. The van der Waals surface area contributed by atoms with Crippen molar-refractivity contribution < 1.29 is 4.74 Å². The molecule has 0 aliphatic carbocycles. The molecule has 2 heterocycles. The van der Waals surface area contributed by atoms with Gasteiger partial charge in [-0.3, -0.25) is 0 Å². The first-order chi connectivity index (χ1) is 10.2. The number of methoxy groups -OCH3 is 1. The van der Waals surface area contributed by atoms with Crippen molar-refractivity contribution in [3.63, 3.8) is 0 Å². The smallest absolute Gasteiger partial charge is 0.128 e. The number of ether oxygens (including phenoxy) is 1. The average molecular weight is 292 g/mol. The van der Waals surface area contributed by atoms with E-state index in [4.69, 9.17) is 4.74 Å². The predicted octanol–water partition coefficient (Wildman–Crippen LogP) is 1.35. The molecule has 0 aromatic carbocycles. The molecule has 1 aromatic heterocycles. The molecule has 1 N–H and O–H groups in total. The van der Waals surface area contributed by atoms with E-state index in [-0.39, 0.29) is 0 Å². The quantitative estimate of drug-likeness (QED) is 0.768. The molecule has 0 bridgehead atoms. The zero-order chi connectivity index (χ0) is 15.1. The molecule has 0 saturated carbocycles. The Balaban J connectivity index is 1.85. The zero-order valence-corrected chi connectivity index (χ0v) is 13.5. The number of likely N-dealkylation sites (tertiary alicyclic amines) is 1. The molecule has 2 rings (SSSR count). The van der Waals surface area contributed by atoms with Gasteiger partial charge in [-0.2, -0.15) is 0 Å². The molecule has 0 amide bonds. The number of piperidine rings is 1. The second-order valence-electron chi connectivity index (χ2n) is 5.86. The highest BCUT2D eigenvalue weighted by atomic mass is 16.5. The third-order valence-corrected chi connectivity index (χ3v) is 4.13. The number of pyridine rings is 1. The summed E-state index contributed by atoms with van der Waals surface area (Å²) >= 11 is 0. The standard InChI is InChI=1S/C16H28N4O/c1-19-9-4-5-15(13-19)20(2)16-7-6-14(12-18-16)11-17-8-10-21-3/h6-7,12,15,17H,4-5,8-11,13H2,1-3H3. The first kappa shape index (κ1) is 16.2. The molecule has 1 aliphatic heterocycles. The Morgan fingerprint density at radius 1 is 1.48 bits per heavy atom. The molecule has 5 heteroatoms. The third kappa shape index (κ3) is 4.95. The Hall–Kier alpha value is -1.17. The molecule has 118 valence electrons. The number of aromatic nitrogens is 1. The van der Waals surface area contributed by atoms with E-state index in [2.05, 4.69) is 46.3 Å². The molecular weight excluding hydrogens is 264 g/mol. The van der Waals surface area contributed by atoms with Gasteiger partial charge in [0.25, 0.3) is 0 Å². The molecule has 0 radical (unpaired) electrons. The molecule has 5 nitrogen and oxygen atoms in total.